The second-order valence-corrected chi connectivity index (χ2v) is 21.2. The Labute approximate surface area is 399 Å². The predicted molar refractivity (Wildman–Crippen MR) is 276 cm³/mol. The van der Waals surface area contributed by atoms with Gasteiger partial charge in [0, 0.05) is 13.0 Å². The van der Waals surface area contributed by atoms with E-state index in [0.717, 1.165) is 32.1 Å². The smallest absolute Gasteiger partial charge is 0.457 e. The van der Waals surface area contributed by atoms with Crippen LogP contribution < -0.4 is 0 Å². The Morgan fingerprint density at radius 1 is 0.359 bits per heavy atom. The van der Waals surface area contributed by atoms with E-state index in [9.17, 15) is 19.1 Å². The fourth-order valence-corrected chi connectivity index (χ4v) is 9.51. The van der Waals surface area contributed by atoms with Crippen molar-refractivity contribution < 1.29 is 33.1 Å². The molecule has 0 saturated heterocycles. The van der Waals surface area contributed by atoms with Gasteiger partial charge in [-0.15, -0.1) is 0 Å². The first-order valence-corrected chi connectivity index (χ1v) is 30.4. The average Bonchev–Trinajstić information content (AvgIpc) is 3.27. The third-order valence-electron chi connectivity index (χ3n) is 13.4. The summed E-state index contributed by atoms with van der Waals surface area (Å²) in [4.78, 5) is 30.9. The van der Waals surface area contributed by atoms with Crippen LogP contribution in [0.2, 0.25) is 0 Å². The minimum Gasteiger partial charge on any atom is -0.457 e. The molecule has 0 aliphatic carbocycles. The second-order valence-electron chi connectivity index (χ2n) is 20.0. The van der Waals surface area contributed by atoms with Crippen LogP contribution in [0.25, 0.3) is 0 Å². The first-order valence-electron chi connectivity index (χ1n) is 28.9. The zero-order valence-corrected chi connectivity index (χ0v) is 44.1. The molecule has 0 spiro atoms. The number of ether oxygens (including phenoxy) is 2. The lowest BCUT2D eigenvalue weighted by atomic mass is 10.0. The summed E-state index contributed by atoms with van der Waals surface area (Å²) in [6, 6.07) is 0. The van der Waals surface area contributed by atoms with Crippen molar-refractivity contribution in [2.75, 3.05) is 19.8 Å². The van der Waals surface area contributed by atoms with E-state index >= 15 is 0 Å². The zero-order chi connectivity index (χ0) is 46.5. The van der Waals surface area contributed by atoms with E-state index in [-0.39, 0.29) is 19.2 Å². The Bertz CT molecular complexity index is 942. The van der Waals surface area contributed by atoms with Crippen LogP contribution in [0.4, 0.5) is 0 Å². The fourth-order valence-electron chi connectivity index (χ4n) is 9.15. The minimum atomic E-state index is -4.65. The van der Waals surface area contributed by atoms with Crippen LogP contribution in [0, 0.1) is 0 Å². The molecule has 8 heteroatoms. The van der Waals surface area contributed by atoms with Gasteiger partial charge in [-0.25, -0.2) is 4.57 Å². The molecule has 64 heavy (non-hydrogen) atoms. The van der Waals surface area contributed by atoms with E-state index in [1.165, 1.54) is 276 Å². The molecular formula is C56H113O7P. The van der Waals surface area contributed by atoms with Crippen molar-refractivity contribution >= 4 is 13.8 Å². The Morgan fingerprint density at radius 2 is 0.594 bits per heavy atom. The monoisotopic (exact) mass is 929 g/mol. The van der Waals surface area contributed by atoms with E-state index < -0.39 is 13.9 Å². The Balaban J connectivity index is 3.57. The van der Waals surface area contributed by atoms with Crippen molar-refractivity contribution in [1.29, 1.82) is 0 Å². The van der Waals surface area contributed by atoms with Crippen molar-refractivity contribution in [2.24, 2.45) is 0 Å². The summed E-state index contributed by atoms with van der Waals surface area (Å²) < 4.78 is 27.2. The molecule has 0 aliphatic heterocycles. The normalized spacial score (nSPS) is 12.4. The quantitative estimate of drug-likeness (QED) is 0.0356. The first-order chi connectivity index (χ1) is 31.4. The van der Waals surface area contributed by atoms with Gasteiger partial charge in [0.2, 0.25) is 0 Å². The Morgan fingerprint density at radius 3 is 0.844 bits per heavy atom. The number of hydrogen-bond donors (Lipinski definition) is 2. The zero-order valence-electron chi connectivity index (χ0n) is 43.2. The summed E-state index contributed by atoms with van der Waals surface area (Å²) in [6.45, 7) is 4.84. The lowest BCUT2D eigenvalue weighted by Gasteiger charge is -2.18. The standard InChI is InChI=1S/C56H113O7P/c1-3-5-7-9-11-13-15-17-19-21-23-24-25-26-27-28-29-30-31-32-33-34-35-37-39-41-43-45-47-49-51-56(57)63-55(54-62-64(58,59)60)53-61-52-50-48-46-44-42-40-38-36-22-20-18-16-14-12-10-8-6-4-2/h55H,3-54H2,1-2H3,(H2,58,59,60)/t55-/m1/s1. The van der Waals surface area contributed by atoms with Gasteiger partial charge in [-0.3, -0.25) is 9.32 Å². The third-order valence-corrected chi connectivity index (χ3v) is 13.9. The number of carbonyl (C=O) groups excluding carboxylic acids is 1. The number of phosphoric ester groups is 1. The highest BCUT2D eigenvalue weighted by atomic mass is 31.2. The maximum absolute atomic E-state index is 12.5. The number of hydrogen-bond acceptors (Lipinski definition) is 5. The highest BCUT2D eigenvalue weighted by Gasteiger charge is 2.21. The van der Waals surface area contributed by atoms with Gasteiger partial charge in [0.15, 0.2) is 0 Å². The van der Waals surface area contributed by atoms with Crippen LogP contribution in [-0.2, 0) is 23.4 Å². The number of unbranched alkanes of at least 4 members (excludes halogenated alkanes) is 46. The molecule has 0 heterocycles. The summed E-state index contributed by atoms with van der Waals surface area (Å²) in [5, 5.41) is 0. The largest absolute Gasteiger partial charge is 0.469 e. The van der Waals surface area contributed by atoms with Crippen molar-refractivity contribution in [3.63, 3.8) is 0 Å². The highest BCUT2D eigenvalue weighted by Crippen LogP contribution is 2.36. The Hall–Kier alpha value is -0.460. The van der Waals surface area contributed by atoms with E-state index in [4.69, 9.17) is 9.47 Å². The van der Waals surface area contributed by atoms with Crippen molar-refractivity contribution in [1.82, 2.24) is 0 Å². The van der Waals surface area contributed by atoms with Gasteiger partial charge in [-0.2, -0.15) is 0 Å². The third kappa shape index (κ3) is 55.9. The SMILES string of the molecule is CCCCCCCCCCCCCCCCCCCCCCCCCCCCCCCCC(=O)O[C@H](COCCCCCCCCCCCCCCCCCCCC)COP(=O)(O)O. The fraction of sp³-hybridized carbons (Fsp3) is 0.982. The predicted octanol–water partition coefficient (Wildman–Crippen LogP) is 19.2. The maximum Gasteiger partial charge on any atom is 0.469 e. The lowest BCUT2D eigenvalue weighted by Crippen LogP contribution is -2.28. The van der Waals surface area contributed by atoms with Crippen molar-refractivity contribution in [2.45, 2.75) is 335 Å². The average molecular weight is 929 g/mol. The lowest BCUT2D eigenvalue weighted by molar-refractivity contribution is -0.154. The number of phosphoric acid groups is 1. The van der Waals surface area contributed by atoms with Gasteiger partial charge in [-0.1, -0.05) is 309 Å². The van der Waals surface area contributed by atoms with Crippen LogP contribution in [0.5, 0.6) is 0 Å². The molecular weight excluding hydrogens is 816 g/mol. The van der Waals surface area contributed by atoms with E-state index in [0.29, 0.717) is 13.0 Å². The van der Waals surface area contributed by atoms with Gasteiger partial charge >= 0.3 is 13.8 Å². The van der Waals surface area contributed by atoms with E-state index in [2.05, 4.69) is 18.4 Å². The molecule has 0 unspecified atom stereocenters. The van der Waals surface area contributed by atoms with Gasteiger partial charge < -0.3 is 19.3 Å². The molecule has 0 aromatic rings. The van der Waals surface area contributed by atoms with Gasteiger partial charge in [0.25, 0.3) is 0 Å². The molecule has 1 atom stereocenters. The van der Waals surface area contributed by atoms with Gasteiger partial charge in [0.1, 0.15) is 6.10 Å². The van der Waals surface area contributed by atoms with E-state index in [1.54, 1.807) is 0 Å². The first kappa shape index (κ1) is 63.5. The number of esters is 1. The molecule has 0 saturated carbocycles. The van der Waals surface area contributed by atoms with Crippen LogP contribution in [0.15, 0.2) is 0 Å². The number of carbonyl (C=O) groups is 1. The molecule has 0 rings (SSSR count). The van der Waals surface area contributed by atoms with Crippen LogP contribution in [0.3, 0.4) is 0 Å². The summed E-state index contributed by atoms with van der Waals surface area (Å²) in [7, 11) is -4.65. The number of rotatable bonds is 56. The summed E-state index contributed by atoms with van der Waals surface area (Å²) >= 11 is 0. The summed E-state index contributed by atoms with van der Waals surface area (Å²) in [5.41, 5.74) is 0. The minimum absolute atomic E-state index is 0.0876. The van der Waals surface area contributed by atoms with E-state index in [1.807, 2.05) is 0 Å². The molecule has 0 fully saturated rings. The van der Waals surface area contributed by atoms with Gasteiger partial charge in [-0.05, 0) is 12.8 Å². The topological polar surface area (TPSA) is 102 Å². The van der Waals surface area contributed by atoms with Gasteiger partial charge in [0.05, 0.1) is 13.2 Å². The molecule has 0 aromatic carbocycles. The van der Waals surface area contributed by atoms with Crippen molar-refractivity contribution in [3.05, 3.63) is 0 Å². The molecule has 384 valence electrons. The molecule has 0 bridgehead atoms. The molecule has 2 N–H and O–H groups in total. The Kier molecular flexibility index (Phi) is 53.1. The van der Waals surface area contributed by atoms with Crippen LogP contribution in [-0.4, -0.2) is 41.7 Å². The summed E-state index contributed by atoms with van der Waals surface area (Å²) in [5.74, 6) is -0.351. The van der Waals surface area contributed by atoms with Crippen molar-refractivity contribution in [3.8, 4) is 0 Å². The molecule has 0 aliphatic rings. The molecule has 0 amide bonds. The van der Waals surface area contributed by atoms with Crippen LogP contribution in [0.1, 0.15) is 328 Å². The molecule has 7 nitrogen and oxygen atoms in total. The summed E-state index contributed by atoms with van der Waals surface area (Å²) in [6.07, 6.45) is 64.4. The van der Waals surface area contributed by atoms with Crippen LogP contribution >= 0.6 is 7.82 Å². The highest BCUT2D eigenvalue weighted by molar-refractivity contribution is 7.46. The molecule has 0 radical (unpaired) electrons. The molecule has 0 aromatic heterocycles. The second kappa shape index (κ2) is 53.5. The maximum atomic E-state index is 12.5.